The molecule has 10 atom stereocenters. The van der Waals surface area contributed by atoms with Crippen LogP contribution >= 0.6 is 0 Å². The highest BCUT2D eigenvalue weighted by Gasteiger charge is 2.69. The molecule has 0 aromatic carbocycles. The van der Waals surface area contributed by atoms with E-state index in [0.29, 0.717) is 35.6 Å². The summed E-state index contributed by atoms with van der Waals surface area (Å²) in [6.45, 7) is 4.97. The monoisotopic (exact) mass is 421 g/mol. The molecular formula is C26H35N3O2. The molecule has 1 heterocycles. The van der Waals surface area contributed by atoms with E-state index < -0.39 is 0 Å². The Morgan fingerprint density at radius 1 is 1.16 bits per heavy atom. The third-order valence-corrected chi connectivity index (χ3v) is 11.0. The minimum absolute atomic E-state index is 0.124. The molecule has 1 aromatic heterocycles. The number of carbonyl (C=O) groups is 1. The first-order valence-corrected chi connectivity index (χ1v) is 12.5. The van der Waals surface area contributed by atoms with Gasteiger partial charge in [0.15, 0.2) is 5.78 Å². The van der Waals surface area contributed by atoms with Crippen molar-refractivity contribution < 1.29 is 9.90 Å². The molecule has 31 heavy (non-hydrogen) atoms. The van der Waals surface area contributed by atoms with Crippen LogP contribution in [0.15, 0.2) is 12.4 Å². The number of hydrogen-bond acceptors (Lipinski definition) is 4. The number of nitrogens with zero attached hydrogens (tertiary/aromatic N) is 3. The second-order valence-electron chi connectivity index (χ2n) is 11.9. The van der Waals surface area contributed by atoms with Crippen LogP contribution in [0.2, 0.25) is 0 Å². The van der Waals surface area contributed by atoms with Crippen LogP contribution in [-0.4, -0.2) is 26.3 Å². The van der Waals surface area contributed by atoms with Gasteiger partial charge in [-0.1, -0.05) is 13.8 Å². The fourth-order valence-electron chi connectivity index (χ4n) is 9.54. The summed E-state index contributed by atoms with van der Waals surface area (Å²) in [6, 6.07) is 2.10. The summed E-state index contributed by atoms with van der Waals surface area (Å²) < 4.78 is 1.65. The second-order valence-corrected chi connectivity index (χ2v) is 11.9. The van der Waals surface area contributed by atoms with Gasteiger partial charge in [0.25, 0.3) is 0 Å². The number of fused-ring (bicyclic) bond motifs is 7. The van der Waals surface area contributed by atoms with E-state index in [4.69, 9.17) is 5.26 Å². The second kappa shape index (κ2) is 6.67. The molecular weight excluding hydrogens is 386 g/mol. The van der Waals surface area contributed by atoms with Crippen molar-refractivity contribution in [2.24, 2.45) is 52.8 Å². The Hall–Kier alpha value is -1.67. The van der Waals surface area contributed by atoms with E-state index >= 15 is 0 Å². The van der Waals surface area contributed by atoms with Crippen LogP contribution in [-0.2, 0) is 11.3 Å². The van der Waals surface area contributed by atoms with Crippen LogP contribution in [0.5, 0.6) is 0 Å². The predicted octanol–water partition coefficient (Wildman–Crippen LogP) is 4.20. The van der Waals surface area contributed by atoms with Crippen LogP contribution in [0.25, 0.3) is 0 Å². The number of aromatic nitrogens is 2. The molecule has 166 valence electrons. The zero-order chi connectivity index (χ0) is 21.5. The number of nitriles is 1. The van der Waals surface area contributed by atoms with Crippen molar-refractivity contribution in [2.45, 2.75) is 77.4 Å². The standard InChI is InChI=1S/C26H35N3O2/c1-15-24-20-4-3-19-17(18(20)8-10-26(15,24)31)7-9-25(2)21(19)5-6-22(25)23(30)14-29-13-16(11-27)12-28-29/h12-13,15,17-22,24,31H,3-10,14H2,1-2H3/t15-,17+,18+,19+,20+,21-,22+,24?,25-,26-/m0/s1. The number of rotatable bonds is 3. The van der Waals surface area contributed by atoms with Crippen molar-refractivity contribution in [2.75, 3.05) is 0 Å². The van der Waals surface area contributed by atoms with Crippen LogP contribution in [0.3, 0.4) is 0 Å². The van der Waals surface area contributed by atoms with Gasteiger partial charge in [0.05, 0.1) is 23.9 Å². The molecule has 0 radical (unpaired) electrons. The molecule has 5 aliphatic rings. The summed E-state index contributed by atoms with van der Waals surface area (Å²) in [5, 5.41) is 24.2. The Balaban J connectivity index is 1.19. The molecule has 0 saturated heterocycles. The zero-order valence-electron chi connectivity index (χ0n) is 18.8. The lowest BCUT2D eigenvalue weighted by atomic mass is 9.49. The minimum atomic E-state index is -0.333. The van der Waals surface area contributed by atoms with Crippen molar-refractivity contribution in [3.8, 4) is 6.07 Å². The highest BCUT2D eigenvalue weighted by Crippen LogP contribution is 2.70. The Kier molecular flexibility index (Phi) is 4.30. The summed E-state index contributed by atoms with van der Waals surface area (Å²) >= 11 is 0. The molecule has 1 unspecified atom stereocenters. The largest absolute Gasteiger partial charge is 0.389 e. The normalized spacial score (nSPS) is 49.9. The fraction of sp³-hybridized carbons (Fsp3) is 0.808. The topological polar surface area (TPSA) is 78.9 Å². The lowest BCUT2D eigenvalue weighted by Crippen LogP contribution is -2.50. The van der Waals surface area contributed by atoms with E-state index in [1.807, 2.05) is 0 Å². The molecule has 5 saturated carbocycles. The molecule has 0 amide bonds. The number of Topliss-reactive ketones (excluding diaryl/α,β-unsaturated/α-hetero) is 1. The maximum absolute atomic E-state index is 13.3. The lowest BCUT2D eigenvalue weighted by molar-refractivity contribution is -0.131. The predicted molar refractivity (Wildman–Crippen MR) is 116 cm³/mol. The average molecular weight is 422 g/mol. The molecule has 5 nitrogen and oxygen atoms in total. The minimum Gasteiger partial charge on any atom is -0.389 e. The smallest absolute Gasteiger partial charge is 0.157 e. The first-order valence-electron chi connectivity index (χ1n) is 12.5. The van der Waals surface area contributed by atoms with Crippen molar-refractivity contribution in [3.05, 3.63) is 18.0 Å². The van der Waals surface area contributed by atoms with Crippen LogP contribution in [0, 0.1) is 64.1 Å². The van der Waals surface area contributed by atoms with Crippen molar-refractivity contribution >= 4 is 5.78 Å². The molecule has 5 fully saturated rings. The van der Waals surface area contributed by atoms with E-state index in [1.54, 1.807) is 17.1 Å². The summed E-state index contributed by atoms with van der Waals surface area (Å²) in [6.07, 6.45) is 12.7. The number of ketones is 1. The third kappa shape index (κ3) is 2.70. The SMILES string of the molecule is C[C@H]1C2[C@@H]3CC[C@@H]4[C@H](CC[C@]5(C)[C@@H](C(=O)Cn6cc(C#N)cn6)CC[C@@H]45)[C@H]3CC[C@@]21O. The van der Waals surface area contributed by atoms with Gasteiger partial charge in [0.2, 0.25) is 0 Å². The van der Waals surface area contributed by atoms with E-state index in [1.165, 1.54) is 38.5 Å². The summed E-state index contributed by atoms with van der Waals surface area (Å²) in [5.74, 6) is 5.31. The highest BCUT2D eigenvalue weighted by atomic mass is 16.3. The number of aliphatic hydroxyl groups is 1. The van der Waals surface area contributed by atoms with E-state index in [0.717, 1.165) is 36.5 Å². The molecule has 5 aliphatic carbocycles. The molecule has 5 heteroatoms. The molecule has 0 spiro atoms. The Bertz CT molecular complexity index is 949. The lowest BCUT2D eigenvalue weighted by Gasteiger charge is -2.56. The Morgan fingerprint density at radius 3 is 2.68 bits per heavy atom. The maximum Gasteiger partial charge on any atom is 0.157 e. The van der Waals surface area contributed by atoms with Crippen molar-refractivity contribution in [3.63, 3.8) is 0 Å². The van der Waals surface area contributed by atoms with Crippen LogP contribution < -0.4 is 0 Å². The highest BCUT2D eigenvalue weighted by molar-refractivity contribution is 5.82. The number of carbonyl (C=O) groups excluding carboxylic acids is 1. The van der Waals surface area contributed by atoms with Crippen LogP contribution in [0.4, 0.5) is 0 Å². The third-order valence-electron chi connectivity index (χ3n) is 11.0. The molecule has 0 bridgehead atoms. The van der Waals surface area contributed by atoms with Gasteiger partial charge in [-0.25, -0.2) is 0 Å². The Morgan fingerprint density at radius 2 is 1.90 bits per heavy atom. The first-order chi connectivity index (χ1) is 14.9. The fourth-order valence-corrected chi connectivity index (χ4v) is 9.54. The maximum atomic E-state index is 13.3. The van der Waals surface area contributed by atoms with Gasteiger partial charge in [-0.15, -0.1) is 0 Å². The van der Waals surface area contributed by atoms with Gasteiger partial charge in [0.1, 0.15) is 6.07 Å². The van der Waals surface area contributed by atoms with Gasteiger partial charge in [-0.05, 0) is 98.2 Å². The van der Waals surface area contributed by atoms with Gasteiger partial charge >= 0.3 is 0 Å². The summed E-state index contributed by atoms with van der Waals surface area (Å²) in [7, 11) is 0. The van der Waals surface area contributed by atoms with Crippen molar-refractivity contribution in [1.29, 1.82) is 5.26 Å². The first kappa shape index (κ1) is 20.0. The van der Waals surface area contributed by atoms with Gasteiger partial charge in [-0.2, -0.15) is 10.4 Å². The van der Waals surface area contributed by atoms with Gasteiger partial charge in [-0.3, -0.25) is 9.48 Å². The zero-order valence-corrected chi connectivity index (χ0v) is 18.8. The van der Waals surface area contributed by atoms with Crippen molar-refractivity contribution in [1.82, 2.24) is 9.78 Å². The van der Waals surface area contributed by atoms with E-state index in [9.17, 15) is 9.90 Å². The summed E-state index contributed by atoms with van der Waals surface area (Å²) in [5.41, 5.74) is 0.309. The quantitative estimate of drug-likeness (QED) is 0.793. The molecule has 1 N–H and O–H groups in total. The van der Waals surface area contributed by atoms with Gasteiger partial charge < -0.3 is 5.11 Å². The van der Waals surface area contributed by atoms with E-state index in [-0.39, 0.29) is 16.9 Å². The Labute approximate surface area is 185 Å². The molecule has 1 aromatic rings. The average Bonchev–Trinajstić information content (AvgIpc) is 3.08. The number of hydrogen-bond donors (Lipinski definition) is 1. The molecule has 0 aliphatic heterocycles. The summed E-state index contributed by atoms with van der Waals surface area (Å²) in [4.78, 5) is 13.3. The van der Waals surface area contributed by atoms with Crippen LogP contribution in [0.1, 0.15) is 70.8 Å². The van der Waals surface area contributed by atoms with Gasteiger partial charge in [0, 0.05) is 12.1 Å². The molecule has 6 rings (SSSR count). The van der Waals surface area contributed by atoms with E-state index in [2.05, 4.69) is 25.0 Å².